The first kappa shape index (κ1) is 10.8. The van der Waals surface area contributed by atoms with Crippen LogP contribution in [0, 0.1) is 0 Å². The summed E-state index contributed by atoms with van der Waals surface area (Å²) in [6.07, 6.45) is 1.98. The topological polar surface area (TPSA) is 49.3 Å². The summed E-state index contributed by atoms with van der Waals surface area (Å²) >= 11 is 3.98. The molecule has 0 saturated carbocycles. The quantitative estimate of drug-likeness (QED) is 0.401. The van der Waals surface area contributed by atoms with E-state index in [1.807, 2.05) is 0 Å². The van der Waals surface area contributed by atoms with Gasteiger partial charge in [-0.25, -0.2) is 0 Å². The summed E-state index contributed by atoms with van der Waals surface area (Å²) in [5, 5.41) is 11.1. The zero-order valence-electron chi connectivity index (χ0n) is 6.55. The van der Waals surface area contributed by atoms with Crippen LogP contribution in [0.2, 0.25) is 0 Å². The molecule has 3 nitrogen and oxygen atoms in total. The van der Waals surface area contributed by atoms with Gasteiger partial charge in [0, 0.05) is 19.6 Å². The second-order valence-electron chi connectivity index (χ2n) is 2.25. The largest absolute Gasteiger partial charge is 0.396 e. The fourth-order valence-corrected chi connectivity index (χ4v) is 0.793. The molecule has 2 N–H and O–H groups in total. The molecule has 0 bridgehead atoms. The van der Waals surface area contributed by atoms with Crippen molar-refractivity contribution in [3.8, 4) is 0 Å². The summed E-state index contributed by atoms with van der Waals surface area (Å²) in [6, 6.07) is 0. The van der Waals surface area contributed by atoms with Crippen LogP contribution in [0.5, 0.6) is 0 Å². The molecule has 0 aromatic rings. The van der Waals surface area contributed by atoms with Crippen LogP contribution in [0.1, 0.15) is 19.3 Å². The van der Waals surface area contributed by atoms with Crippen molar-refractivity contribution in [1.82, 2.24) is 5.32 Å². The van der Waals surface area contributed by atoms with Crippen molar-refractivity contribution in [1.29, 1.82) is 0 Å². The predicted octanol–water partition coefficient (Wildman–Crippen LogP) is 0.195. The normalized spacial score (nSPS) is 9.64. The lowest BCUT2D eigenvalue weighted by Gasteiger charge is -2.01. The van der Waals surface area contributed by atoms with Gasteiger partial charge in [-0.3, -0.25) is 4.79 Å². The lowest BCUT2D eigenvalue weighted by Crippen LogP contribution is -2.24. The van der Waals surface area contributed by atoms with Gasteiger partial charge in [-0.1, -0.05) is 0 Å². The van der Waals surface area contributed by atoms with Gasteiger partial charge in [0.15, 0.2) is 0 Å². The zero-order chi connectivity index (χ0) is 8.53. The van der Waals surface area contributed by atoms with Crippen LogP contribution < -0.4 is 5.32 Å². The van der Waals surface area contributed by atoms with Gasteiger partial charge < -0.3 is 10.4 Å². The maximum Gasteiger partial charge on any atom is 0.220 e. The molecule has 66 valence electrons. The summed E-state index contributed by atoms with van der Waals surface area (Å²) in [5.74, 6) is 0.792. The molecule has 0 unspecified atom stereocenters. The molecule has 1 amide bonds. The molecule has 0 saturated heterocycles. The highest BCUT2D eigenvalue weighted by atomic mass is 32.1. The molecule has 4 heteroatoms. The molecular formula is C7H15NO2S. The molecule has 0 spiro atoms. The average molecular weight is 177 g/mol. The average Bonchev–Trinajstić information content (AvgIpc) is 2.01. The van der Waals surface area contributed by atoms with Crippen LogP contribution in [0.4, 0.5) is 0 Å². The molecule has 0 atom stereocenters. The molecule has 11 heavy (non-hydrogen) atoms. The Bertz CT molecular complexity index is 109. The first-order valence-corrected chi connectivity index (χ1v) is 4.43. The summed E-state index contributed by atoms with van der Waals surface area (Å²) in [4.78, 5) is 10.9. The second-order valence-corrected chi connectivity index (χ2v) is 2.70. The fourth-order valence-electron chi connectivity index (χ4n) is 0.635. The van der Waals surface area contributed by atoms with Crippen molar-refractivity contribution in [2.45, 2.75) is 19.3 Å². The van der Waals surface area contributed by atoms with Gasteiger partial charge in [0.05, 0.1) is 0 Å². The summed E-state index contributed by atoms with van der Waals surface area (Å²) < 4.78 is 0. The van der Waals surface area contributed by atoms with E-state index in [9.17, 15) is 4.79 Å². The number of hydrogen-bond acceptors (Lipinski definition) is 3. The number of hydrogen-bond donors (Lipinski definition) is 3. The van der Waals surface area contributed by atoms with E-state index in [1.54, 1.807) is 0 Å². The van der Waals surface area contributed by atoms with Crippen LogP contribution in [0.25, 0.3) is 0 Å². The van der Waals surface area contributed by atoms with Crippen molar-refractivity contribution in [2.24, 2.45) is 0 Å². The van der Waals surface area contributed by atoms with Crippen LogP contribution in [-0.4, -0.2) is 29.9 Å². The Morgan fingerprint density at radius 2 is 2.18 bits per heavy atom. The monoisotopic (exact) mass is 177 g/mol. The highest BCUT2D eigenvalue weighted by Crippen LogP contribution is 1.90. The Balaban J connectivity index is 3.09. The lowest BCUT2D eigenvalue weighted by molar-refractivity contribution is -0.121. The number of amides is 1. The van der Waals surface area contributed by atoms with Crippen LogP contribution in [-0.2, 0) is 4.79 Å². The Kier molecular flexibility index (Phi) is 7.72. The van der Waals surface area contributed by atoms with Crippen LogP contribution in [0.3, 0.4) is 0 Å². The number of aliphatic hydroxyl groups excluding tert-OH is 1. The highest BCUT2D eigenvalue weighted by Gasteiger charge is 1.97. The third kappa shape index (κ3) is 7.68. The van der Waals surface area contributed by atoms with Gasteiger partial charge in [-0.05, 0) is 18.6 Å². The minimum Gasteiger partial charge on any atom is -0.396 e. The number of nitrogens with one attached hydrogen (secondary N) is 1. The Morgan fingerprint density at radius 1 is 1.45 bits per heavy atom. The minimum atomic E-state index is 0.0486. The smallest absolute Gasteiger partial charge is 0.220 e. The Hall–Kier alpha value is -0.220. The van der Waals surface area contributed by atoms with E-state index in [0.717, 1.165) is 12.2 Å². The molecule has 0 fully saturated rings. The number of thiol groups is 1. The van der Waals surface area contributed by atoms with Gasteiger partial charge >= 0.3 is 0 Å². The van der Waals surface area contributed by atoms with E-state index in [4.69, 9.17) is 5.11 Å². The summed E-state index contributed by atoms with van der Waals surface area (Å²) in [7, 11) is 0. The fraction of sp³-hybridized carbons (Fsp3) is 0.857. The third-order valence-corrected chi connectivity index (χ3v) is 1.54. The molecule has 0 aliphatic heterocycles. The number of carbonyl (C=O) groups is 1. The first-order chi connectivity index (χ1) is 5.31. The summed E-state index contributed by atoms with van der Waals surface area (Å²) in [5.41, 5.74) is 0. The first-order valence-electron chi connectivity index (χ1n) is 3.79. The SMILES string of the molecule is O=C(CCCS)NCCCO. The molecule has 0 aliphatic carbocycles. The molecular weight excluding hydrogens is 162 g/mol. The summed E-state index contributed by atoms with van der Waals surface area (Å²) in [6.45, 7) is 0.703. The number of aliphatic hydroxyl groups is 1. The van der Waals surface area contributed by atoms with Crippen LogP contribution in [0.15, 0.2) is 0 Å². The van der Waals surface area contributed by atoms with Crippen molar-refractivity contribution in [3.63, 3.8) is 0 Å². The van der Waals surface area contributed by atoms with Gasteiger partial charge in [-0.2, -0.15) is 12.6 Å². The number of rotatable bonds is 6. The second kappa shape index (κ2) is 7.88. The van der Waals surface area contributed by atoms with E-state index >= 15 is 0 Å². The molecule has 0 radical (unpaired) electrons. The highest BCUT2D eigenvalue weighted by molar-refractivity contribution is 7.80. The maximum atomic E-state index is 10.9. The van der Waals surface area contributed by atoms with Crippen molar-refractivity contribution in [3.05, 3.63) is 0 Å². The number of carbonyl (C=O) groups excluding carboxylic acids is 1. The van der Waals surface area contributed by atoms with Crippen molar-refractivity contribution >= 4 is 18.5 Å². The van der Waals surface area contributed by atoms with E-state index in [-0.39, 0.29) is 12.5 Å². The Morgan fingerprint density at radius 3 is 2.73 bits per heavy atom. The lowest BCUT2D eigenvalue weighted by atomic mass is 10.3. The molecule has 0 rings (SSSR count). The molecule has 0 heterocycles. The van der Waals surface area contributed by atoms with Crippen molar-refractivity contribution in [2.75, 3.05) is 18.9 Å². The molecule has 0 aromatic heterocycles. The van der Waals surface area contributed by atoms with E-state index in [2.05, 4.69) is 17.9 Å². The van der Waals surface area contributed by atoms with Crippen LogP contribution >= 0.6 is 12.6 Å². The van der Waals surface area contributed by atoms with Gasteiger partial charge in [0.2, 0.25) is 5.91 Å². The predicted molar refractivity (Wildman–Crippen MR) is 47.8 cm³/mol. The molecule has 0 aromatic carbocycles. The van der Waals surface area contributed by atoms with Gasteiger partial charge in [-0.15, -0.1) is 0 Å². The van der Waals surface area contributed by atoms with Gasteiger partial charge in [0.25, 0.3) is 0 Å². The van der Waals surface area contributed by atoms with E-state index in [1.165, 1.54) is 0 Å². The maximum absolute atomic E-state index is 10.9. The molecule has 0 aliphatic rings. The van der Waals surface area contributed by atoms with Gasteiger partial charge in [0.1, 0.15) is 0 Å². The third-order valence-electron chi connectivity index (χ3n) is 1.22. The van der Waals surface area contributed by atoms with E-state index < -0.39 is 0 Å². The minimum absolute atomic E-state index is 0.0486. The van der Waals surface area contributed by atoms with E-state index in [0.29, 0.717) is 19.4 Å². The Labute approximate surface area is 72.6 Å². The zero-order valence-corrected chi connectivity index (χ0v) is 7.44. The van der Waals surface area contributed by atoms with Crippen molar-refractivity contribution < 1.29 is 9.90 Å². The standard InChI is InChI=1S/C7H15NO2S/c9-5-2-4-8-7(10)3-1-6-11/h9,11H,1-6H2,(H,8,10).